The number of methoxy groups -OCH3 is 1. The highest BCUT2D eigenvalue weighted by atomic mass is 16.5. The first-order chi connectivity index (χ1) is 10.3. The summed E-state index contributed by atoms with van der Waals surface area (Å²) >= 11 is 0. The predicted molar refractivity (Wildman–Crippen MR) is 84.7 cm³/mol. The number of pyridine rings is 1. The monoisotopic (exact) mass is 282 g/mol. The third kappa shape index (κ3) is 2.79. The minimum absolute atomic E-state index is 0.128. The van der Waals surface area contributed by atoms with Gasteiger partial charge in [-0.2, -0.15) is 0 Å². The maximum atomic E-state index is 5.46. The lowest BCUT2D eigenvalue weighted by Gasteiger charge is -2.27. The molecule has 1 heterocycles. The first-order valence-electron chi connectivity index (χ1n) is 7.58. The number of nitrogens with one attached hydrogen (secondary N) is 1. The van der Waals surface area contributed by atoms with Crippen LogP contribution in [0, 0.1) is 0 Å². The van der Waals surface area contributed by atoms with Gasteiger partial charge in [0.1, 0.15) is 5.75 Å². The Hall–Kier alpha value is -1.87. The normalized spacial score (nSPS) is 16.3. The fourth-order valence-electron chi connectivity index (χ4n) is 3.04. The standard InChI is InChI=1S/C18H22N2O/c1-19-18(16-9-10-20-12-17(16)21-2)15-8-4-7-14(11-15)13-5-3-6-13/h4,7-13,18-19H,3,5-6H2,1-2H3. The average molecular weight is 282 g/mol. The van der Waals surface area contributed by atoms with Crippen molar-refractivity contribution in [1.82, 2.24) is 10.3 Å². The largest absolute Gasteiger partial charge is 0.495 e. The fraction of sp³-hybridized carbons (Fsp3) is 0.389. The van der Waals surface area contributed by atoms with Gasteiger partial charge in [-0.15, -0.1) is 0 Å². The molecule has 21 heavy (non-hydrogen) atoms. The minimum atomic E-state index is 0.128. The number of hydrogen-bond donors (Lipinski definition) is 1. The third-order valence-electron chi connectivity index (χ3n) is 4.46. The SMILES string of the molecule is CNC(c1cccc(C2CCC2)c1)c1ccncc1OC. The summed E-state index contributed by atoms with van der Waals surface area (Å²) in [6, 6.07) is 11.1. The maximum absolute atomic E-state index is 5.46. The van der Waals surface area contributed by atoms with Crippen molar-refractivity contribution < 1.29 is 4.74 Å². The molecule has 1 aliphatic carbocycles. The lowest BCUT2D eigenvalue weighted by molar-refractivity contribution is 0.403. The number of nitrogens with zero attached hydrogens (tertiary/aromatic N) is 1. The molecule has 1 aromatic carbocycles. The van der Waals surface area contributed by atoms with Gasteiger partial charge in [-0.1, -0.05) is 30.7 Å². The van der Waals surface area contributed by atoms with Crippen molar-refractivity contribution in [3.05, 3.63) is 59.4 Å². The molecular weight excluding hydrogens is 260 g/mol. The van der Waals surface area contributed by atoms with Crippen LogP contribution in [0.15, 0.2) is 42.7 Å². The van der Waals surface area contributed by atoms with Crippen LogP contribution in [0.5, 0.6) is 5.75 Å². The van der Waals surface area contributed by atoms with E-state index in [0.29, 0.717) is 0 Å². The second-order valence-electron chi connectivity index (χ2n) is 5.64. The van der Waals surface area contributed by atoms with Gasteiger partial charge in [0.25, 0.3) is 0 Å². The molecule has 0 aliphatic heterocycles. The molecule has 1 saturated carbocycles. The highest BCUT2D eigenvalue weighted by molar-refractivity contribution is 5.41. The van der Waals surface area contributed by atoms with Gasteiger partial charge >= 0.3 is 0 Å². The number of aromatic nitrogens is 1. The van der Waals surface area contributed by atoms with Crippen LogP contribution in [0.25, 0.3) is 0 Å². The summed E-state index contributed by atoms with van der Waals surface area (Å²) in [4.78, 5) is 4.14. The lowest BCUT2D eigenvalue weighted by Crippen LogP contribution is -2.19. The summed E-state index contributed by atoms with van der Waals surface area (Å²) in [5.41, 5.74) is 3.87. The van der Waals surface area contributed by atoms with E-state index in [1.165, 1.54) is 30.4 Å². The Morgan fingerprint density at radius 1 is 1.29 bits per heavy atom. The van der Waals surface area contributed by atoms with Gasteiger partial charge < -0.3 is 10.1 Å². The molecule has 1 unspecified atom stereocenters. The number of ether oxygens (including phenoxy) is 1. The van der Waals surface area contributed by atoms with Crippen LogP contribution < -0.4 is 10.1 Å². The molecule has 3 heteroatoms. The summed E-state index contributed by atoms with van der Waals surface area (Å²) in [6.07, 6.45) is 7.61. The van der Waals surface area contributed by atoms with Crippen LogP contribution in [-0.2, 0) is 0 Å². The fourth-order valence-corrected chi connectivity index (χ4v) is 3.04. The van der Waals surface area contributed by atoms with Crippen LogP contribution in [0.4, 0.5) is 0 Å². The summed E-state index contributed by atoms with van der Waals surface area (Å²) in [5.74, 6) is 1.58. The molecule has 1 N–H and O–H groups in total. The summed E-state index contributed by atoms with van der Waals surface area (Å²) < 4.78 is 5.46. The molecule has 0 saturated heterocycles. The van der Waals surface area contributed by atoms with Crippen molar-refractivity contribution in [1.29, 1.82) is 0 Å². The van der Waals surface area contributed by atoms with E-state index in [0.717, 1.165) is 17.2 Å². The lowest BCUT2D eigenvalue weighted by atomic mass is 9.79. The van der Waals surface area contributed by atoms with Crippen LogP contribution in [0.2, 0.25) is 0 Å². The highest BCUT2D eigenvalue weighted by Gasteiger charge is 2.22. The van der Waals surface area contributed by atoms with Crippen LogP contribution in [-0.4, -0.2) is 19.1 Å². The van der Waals surface area contributed by atoms with Crippen LogP contribution in [0.3, 0.4) is 0 Å². The van der Waals surface area contributed by atoms with E-state index in [4.69, 9.17) is 4.74 Å². The van der Waals surface area contributed by atoms with E-state index in [-0.39, 0.29) is 6.04 Å². The van der Waals surface area contributed by atoms with E-state index in [1.54, 1.807) is 13.3 Å². The third-order valence-corrected chi connectivity index (χ3v) is 4.46. The van der Waals surface area contributed by atoms with Crippen molar-refractivity contribution in [2.45, 2.75) is 31.2 Å². The van der Waals surface area contributed by atoms with Crippen molar-refractivity contribution in [3.8, 4) is 5.75 Å². The summed E-state index contributed by atoms with van der Waals surface area (Å²) in [6.45, 7) is 0. The van der Waals surface area contributed by atoms with E-state index >= 15 is 0 Å². The molecule has 1 fully saturated rings. The van der Waals surface area contributed by atoms with Crippen LogP contribution in [0.1, 0.15) is 47.9 Å². The van der Waals surface area contributed by atoms with Gasteiger partial charge in [-0.25, -0.2) is 0 Å². The Morgan fingerprint density at radius 2 is 2.14 bits per heavy atom. The van der Waals surface area contributed by atoms with Gasteiger partial charge in [0.2, 0.25) is 0 Å². The molecular formula is C18H22N2O. The molecule has 0 radical (unpaired) electrons. The molecule has 1 aliphatic rings. The Bertz CT molecular complexity index is 608. The number of rotatable bonds is 5. The van der Waals surface area contributed by atoms with Gasteiger partial charge in [-0.3, -0.25) is 4.98 Å². The maximum Gasteiger partial charge on any atom is 0.142 e. The molecule has 3 rings (SSSR count). The molecule has 2 aromatic rings. The molecule has 0 spiro atoms. The van der Waals surface area contributed by atoms with Gasteiger partial charge in [0.15, 0.2) is 0 Å². The second kappa shape index (κ2) is 6.27. The van der Waals surface area contributed by atoms with Crippen molar-refractivity contribution in [3.63, 3.8) is 0 Å². The minimum Gasteiger partial charge on any atom is -0.495 e. The number of benzene rings is 1. The van der Waals surface area contributed by atoms with Crippen molar-refractivity contribution in [2.75, 3.05) is 14.2 Å². The zero-order valence-electron chi connectivity index (χ0n) is 12.7. The van der Waals surface area contributed by atoms with E-state index in [9.17, 15) is 0 Å². The summed E-state index contributed by atoms with van der Waals surface area (Å²) in [5, 5.41) is 3.40. The molecule has 110 valence electrons. The van der Waals surface area contributed by atoms with Crippen LogP contribution >= 0.6 is 0 Å². The Labute approximate surface area is 126 Å². The first kappa shape index (κ1) is 14.1. The van der Waals surface area contributed by atoms with E-state index in [2.05, 4.69) is 34.6 Å². The Morgan fingerprint density at radius 3 is 2.81 bits per heavy atom. The molecule has 1 aromatic heterocycles. The Balaban J connectivity index is 1.95. The smallest absolute Gasteiger partial charge is 0.142 e. The second-order valence-corrected chi connectivity index (χ2v) is 5.64. The van der Waals surface area contributed by atoms with Gasteiger partial charge in [-0.05, 0) is 43.0 Å². The van der Waals surface area contributed by atoms with Crippen molar-refractivity contribution >= 4 is 0 Å². The summed E-state index contributed by atoms with van der Waals surface area (Å²) in [7, 11) is 3.68. The van der Waals surface area contributed by atoms with E-state index < -0.39 is 0 Å². The number of hydrogen-bond acceptors (Lipinski definition) is 3. The Kier molecular flexibility index (Phi) is 4.20. The molecule has 0 amide bonds. The quantitative estimate of drug-likeness (QED) is 0.908. The zero-order valence-corrected chi connectivity index (χ0v) is 12.7. The van der Waals surface area contributed by atoms with E-state index in [1.807, 2.05) is 19.3 Å². The molecule has 0 bridgehead atoms. The average Bonchev–Trinajstić information content (AvgIpc) is 2.47. The van der Waals surface area contributed by atoms with Gasteiger partial charge in [0.05, 0.1) is 19.3 Å². The van der Waals surface area contributed by atoms with Crippen molar-refractivity contribution in [2.24, 2.45) is 0 Å². The predicted octanol–water partition coefficient (Wildman–Crippen LogP) is 3.67. The zero-order chi connectivity index (χ0) is 14.7. The molecule has 1 atom stereocenters. The van der Waals surface area contributed by atoms with Gasteiger partial charge in [0, 0.05) is 11.8 Å². The first-order valence-corrected chi connectivity index (χ1v) is 7.58. The molecule has 3 nitrogen and oxygen atoms in total. The highest BCUT2D eigenvalue weighted by Crippen LogP contribution is 2.38. The topological polar surface area (TPSA) is 34.2 Å².